The van der Waals surface area contributed by atoms with Crippen molar-refractivity contribution in [1.82, 2.24) is 5.06 Å². The molecule has 1 fully saturated rings. The van der Waals surface area contributed by atoms with Crippen molar-refractivity contribution >= 4 is 6.09 Å². The third-order valence-corrected chi connectivity index (χ3v) is 2.72. The van der Waals surface area contributed by atoms with Gasteiger partial charge in [0.25, 0.3) is 0 Å². The van der Waals surface area contributed by atoms with Gasteiger partial charge in [-0.15, -0.1) is 0 Å². The summed E-state index contributed by atoms with van der Waals surface area (Å²) in [6, 6.07) is 8.03. The molecule has 0 aromatic heterocycles. The molecule has 106 valence electrons. The zero-order valence-electron chi connectivity index (χ0n) is 13.7. The van der Waals surface area contributed by atoms with Gasteiger partial charge in [-0.05, 0) is 38.5 Å². The Labute approximate surface area is 121 Å². The number of nitrogens with zero attached hydrogens (tertiary/aromatic N) is 2. The lowest BCUT2D eigenvalue weighted by molar-refractivity contribution is -0.125. The molecule has 1 aromatic rings. The number of ether oxygens (including phenoxy) is 1. The SMILES string of the molecule is [2H]C1([2H])C[C@@H](c2ccc(C#N)cc2)N(C(=O)OC(C)(C)C)O1. The second-order valence-electron chi connectivity index (χ2n) is 5.50. The summed E-state index contributed by atoms with van der Waals surface area (Å²) in [5.41, 5.74) is 0.478. The number of nitriles is 1. The Balaban J connectivity index is 2.26. The van der Waals surface area contributed by atoms with E-state index in [2.05, 4.69) is 0 Å². The molecule has 1 amide bonds. The first kappa shape index (κ1) is 11.7. The van der Waals surface area contributed by atoms with Crippen LogP contribution in [0.25, 0.3) is 0 Å². The van der Waals surface area contributed by atoms with E-state index in [-0.39, 0.29) is 6.42 Å². The van der Waals surface area contributed by atoms with Crippen molar-refractivity contribution in [2.45, 2.75) is 38.8 Å². The van der Waals surface area contributed by atoms with Gasteiger partial charge in [-0.25, -0.2) is 4.79 Å². The molecule has 2 rings (SSSR count). The number of amides is 1. The van der Waals surface area contributed by atoms with Crippen LogP contribution in [0.15, 0.2) is 24.3 Å². The van der Waals surface area contributed by atoms with E-state index < -0.39 is 24.3 Å². The molecule has 1 aliphatic rings. The van der Waals surface area contributed by atoms with Crippen molar-refractivity contribution in [3.8, 4) is 6.07 Å². The zero-order chi connectivity index (χ0) is 16.5. The van der Waals surface area contributed by atoms with Crippen molar-refractivity contribution in [3.05, 3.63) is 35.4 Å². The van der Waals surface area contributed by atoms with E-state index in [1.165, 1.54) is 0 Å². The molecule has 1 aliphatic heterocycles. The lowest BCUT2D eigenvalue weighted by atomic mass is 10.0. The lowest BCUT2D eigenvalue weighted by Gasteiger charge is -2.27. The van der Waals surface area contributed by atoms with Crippen LogP contribution in [-0.4, -0.2) is 23.3 Å². The van der Waals surface area contributed by atoms with Crippen molar-refractivity contribution in [3.63, 3.8) is 0 Å². The van der Waals surface area contributed by atoms with E-state index >= 15 is 0 Å². The van der Waals surface area contributed by atoms with Crippen LogP contribution in [0.1, 0.15) is 47.1 Å². The predicted octanol–water partition coefficient (Wildman–Crippen LogP) is 3.17. The fourth-order valence-corrected chi connectivity index (χ4v) is 1.84. The van der Waals surface area contributed by atoms with E-state index in [9.17, 15) is 4.79 Å². The van der Waals surface area contributed by atoms with Gasteiger partial charge in [0, 0.05) is 6.42 Å². The van der Waals surface area contributed by atoms with Crippen molar-refractivity contribution in [2.75, 3.05) is 6.56 Å². The minimum atomic E-state index is -1.95. The first-order valence-corrected chi connectivity index (χ1v) is 6.33. The summed E-state index contributed by atoms with van der Waals surface area (Å²) in [4.78, 5) is 17.3. The highest BCUT2D eigenvalue weighted by Crippen LogP contribution is 2.31. The highest BCUT2D eigenvalue weighted by atomic mass is 16.7. The number of rotatable bonds is 1. The average Bonchev–Trinajstić information content (AvgIpc) is 2.73. The maximum absolute atomic E-state index is 12.2. The quantitative estimate of drug-likeness (QED) is 0.790. The van der Waals surface area contributed by atoms with Crippen molar-refractivity contribution in [2.24, 2.45) is 0 Å². The molecule has 5 nitrogen and oxygen atoms in total. The van der Waals surface area contributed by atoms with Gasteiger partial charge in [-0.2, -0.15) is 10.3 Å². The first-order valence-electron chi connectivity index (χ1n) is 7.33. The average molecular weight is 276 g/mol. The van der Waals surface area contributed by atoms with E-state index in [1.54, 1.807) is 45.0 Å². The molecule has 1 heterocycles. The van der Waals surface area contributed by atoms with Crippen LogP contribution in [0.3, 0.4) is 0 Å². The normalized spacial score (nSPS) is 22.7. The summed E-state index contributed by atoms with van der Waals surface area (Å²) < 4.78 is 20.7. The molecule has 1 saturated heterocycles. The third kappa shape index (κ3) is 3.28. The van der Waals surface area contributed by atoms with Crippen LogP contribution < -0.4 is 0 Å². The first-order chi connectivity index (χ1) is 10.1. The fraction of sp³-hybridized carbons (Fsp3) is 0.467. The molecule has 20 heavy (non-hydrogen) atoms. The topological polar surface area (TPSA) is 62.6 Å². The highest BCUT2D eigenvalue weighted by Gasteiger charge is 2.34. The summed E-state index contributed by atoms with van der Waals surface area (Å²) >= 11 is 0. The fourth-order valence-electron chi connectivity index (χ4n) is 1.84. The van der Waals surface area contributed by atoms with Gasteiger partial charge in [0.15, 0.2) is 0 Å². The lowest BCUT2D eigenvalue weighted by Crippen LogP contribution is -2.35. The summed E-state index contributed by atoms with van der Waals surface area (Å²) in [6.07, 6.45) is -0.735. The molecule has 0 unspecified atom stereocenters. The molecule has 0 N–H and O–H groups in total. The summed E-state index contributed by atoms with van der Waals surface area (Å²) in [6.45, 7) is 3.24. The minimum Gasteiger partial charge on any atom is -0.442 e. The number of benzene rings is 1. The second kappa shape index (κ2) is 5.51. The van der Waals surface area contributed by atoms with Gasteiger partial charge < -0.3 is 4.74 Å². The highest BCUT2D eigenvalue weighted by molar-refractivity contribution is 5.67. The van der Waals surface area contributed by atoms with E-state index in [0.29, 0.717) is 11.1 Å². The van der Waals surface area contributed by atoms with Crippen LogP contribution in [0.4, 0.5) is 4.79 Å². The Bertz CT molecular complexity index is 603. The summed E-state index contributed by atoms with van der Waals surface area (Å²) in [5.74, 6) is 0. The van der Waals surface area contributed by atoms with Crippen LogP contribution in [0.5, 0.6) is 0 Å². The van der Waals surface area contributed by atoms with Gasteiger partial charge in [0.1, 0.15) is 5.60 Å². The summed E-state index contributed by atoms with van der Waals surface area (Å²) in [5, 5.41) is 9.76. The molecular weight excluding hydrogens is 256 g/mol. The van der Waals surface area contributed by atoms with E-state index in [0.717, 1.165) is 5.06 Å². The zero-order valence-corrected chi connectivity index (χ0v) is 11.7. The molecular formula is C15H18N2O3. The van der Waals surface area contributed by atoms with E-state index in [4.69, 9.17) is 17.6 Å². The number of carbonyl (C=O) groups is 1. The Hall–Kier alpha value is -2.06. The Morgan fingerprint density at radius 1 is 1.50 bits per heavy atom. The molecule has 0 aliphatic carbocycles. The second-order valence-corrected chi connectivity index (χ2v) is 5.50. The van der Waals surface area contributed by atoms with Gasteiger partial charge in [-0.3, -0.25) is 4.84 Å². The van der Waals surface area contributed by atoms with Crippen molar-refractivity contribution < 1.29 is 17.1 Å². The smallest absolute Gasteiger partial charge is 0.435 e. The van der Waals surface area contributed by atoms with Crippen LogP contribution in [0, 0.1) is 11.3 Å². The van der Waals surface area contributed by atoms with Gasteiger partial charge in [0.05, 0.1) is 27.0 Å². The summed E-state index contributed by atoms with van der Waals surface area (Å²) in [7, 11) is 0. The molecule has 0 bridgehead atoms. The third-order valence-electron chi connectivity index (χ3n) is 2.72. The van der Waals surface area contributed by atoms with Crippen LogP contribution >= 0.6 is 0 Å². The van der Waals surface area contributed by atoms with E-state index in [1.807, 2.05) is 6.07 Å². The van der Waals surface area contributed by atoms with Gasteiger partial charge >= 0.3 is 6.09 Å². The Kier molecular flexibility index (Phi) is 3.24. The standard InChI is InChI=1S/C15H18N2O3/c1-15(2,3)20-14(18)17-13(8-9-19-17)12-6-4-11(10-16)5-7-12/h4-7,13H,8-9H2,1-3H3/t13-/m0/s1/i9D2. The van der Waals surface area contributed by atoms with Crippen LogP contribution in [0.2, 0.25) is 0 Å². The Morgan fingerprint density at radius 2 is 2.15 bits per heavy atom. The maximum atomic E-state index is 12.2. The maximum Gasteiger partial charge on any atom is 0.435 e. The largest absolute Gasteiger partial charge is 0.442 e. The molecule has 1 atom stereocenters. The molecule has 1 aromatic carbocycles. The monoisotopic (exact) mass is 276 g/mol. The molecule has 0 spiro atoms. The predicted molar refractivity (Wildman–Crippen MR) is 72.5 cm³/mol. The van der Waals surface area contributed by atoms with Crippen LogP contribution in [-0.2, 0) is 9.57 Å². The van der Waals surface area contributed by atoms with Crippen molar-refractivity contribution in [1.29, 1.82) is 5.26 Å². The van der Waals surface area contributed by atoms with Gasteiger partial charge in [0.2, 0.25) is 0 Å². The minimum absolute atomic E-state index is 0.00184. The molecule has 0 radical (unpaired) electrons. The Morgan fingerprint density at radius 3 is 2.70 bits per heavy atom. The number of hydroxylamine groups is 2. The molecule has 0 saturated carbocycles. The number of carbonyl (C=O) groups excluding carboxylic acids is 1. The number of hydrogen-bond acceptors (Lipinski definition) is 4. The molecule has 5 heteroatoms. The number of hydrogen-bond donors (Lipinski definition) is 0. The van der Waals surface area contributed by atoms with Gasteiger partial charge in [-0.1, -0.05) is 12.1 Å².